The van der Waals surface area contributed by atoms with Gasteiger partial charge in [-0.2, -0.15) is 13.2 Å². The summed E-state index contributed by atoms with van der Waals surface area (Å²) in [6, 6.07) is 1.93. The highest BCUT2D eigenvalue weighted by atomic mass is 19.4. The van der Waals surface area contributed by atoms with Crippen LogP contribution in [0.1, 0.15) is 5.56 Å². The summed E-state index contributed by atoms with van der Waals surface area (Å²) in [5.74, 6) is -1.83. The van der Waals surface area contributed by atoms with E-state index in [2.05, 4.69) is 5.32 Å². The number of hydrogen-bond donors (Lipinski definition) is 2. The van der Waals surface area contributed by atoms with Crippen LogP contribution in [0.4, 0.5) is 28.0 Å². The maximum Gasteiger partial charge on any atom is 0.419 e. The number of halogens is 4. The van der Waals surface area contributed by atoms with Crippen LogP contribution in [0, 0.1) is 11.7 Å². The summed E-state index contributed by atoms with van der Waals surface area (Å²) in [7, 11) is 0. The summed E-state index contributed by atoms with van der Waals surface area (Å²) < 4.78 is 57.1. The summed E-state index contributed by atoms with van der Waals surface area (Å²) in [6.45, 7) is 0.681. The topological polar surface area (TPSA) is 61.8 Å². The van der Waals surface area contributed by atoms with E-state index in [4.69, 9.17) is 9.84 Å². The largest absolute Gasteiger partial charge is 0.419 e. The minimum atomic E-state index is -4.84. The van der Waals surface area contributed by atoms with Gasteiger partial charge in [-0.3, -0.25) is 0 Å². The summed E-state index contributed by atoms with van der Waals surface area (Å²) in [4.78, 5) is 13.4. The molecule has 0 aliphatic carbocycles. The molecule has 1 atom stereocenters. The fraction of sp³-hybridized carbons (Fsp3) is 0.500. The van der Waals surface area contributed by atoms with Crippen molar-refractivity contribution >= 4 is 11.7 Å². The number of nitrogens with zero attached hydrogens (tertiary/aromatic N) is 1. The second-order valence-electron chi connectivity index (χ2n) is 5.16. The average molecular weight is 336 g/mol. The number of amides is 2. The molecule has 0 radical (unpaired) electrons. The van der Waals surface area contributed by atoms with E-state index in [-0.39, 0.29) is 38.8 Å². The van der Waals surface area contributed by atoms with Crippen LogP contribution in [0.15, 0.2) is 18.2 Å². The third-order valence-electron chi connectivity index (χ3n) is 3.43. The van der Waals surface area contributed by atoms with Crippen LogP contribution in [0.25, 0.3) is 0 Å². The van der Waals surface area contributed by atoms with Gasteiger partial charge in [-0.25, -0.2) is 9.18 Å². The molecule has 1 fully saturated rings. The molecule has 0 unspecified atom stereocenters. The highest BCUT2D eigenvalue weighted by Crippen LogP contribution is 2.33. The summed E-state index contributed by atoms with van der Waals surface area (Å²) in [5.41, 5.74) is -1.99. The smallest absolute Gasteiger partial charge is 0.396 e. The second-order valence-corrected chi connectivity index (χ2v) is 5.16. The van der Waals surface area contributed by atoms with Gasteiger partial charge in [0, 0.05) is 25.6 Å². The molecular weight excluding hydrogens is 320 g/mol. The summed E-state index contributed by atoms with van der Waals surface area (Å²) in [6.07, 6.45) is -4.84. The lowest BCUT2D eigenvalue weighted by Gasteiger charge is -2.23. The monoisotopic (exact) mass is 336 g/mol. The first-order valence-corrected chi connectivity index (χ1v) is 6.93. The average Bonchev–Trinajstić information content (AvgIpc) is 2.73. The number of urea groups is 1. The lowest BCUT2D eigenvalue weighted by molar-refractivity contribution is -0.139. The minimum absolute atomic E-state index is 0.170. The van der Waals surface area contributed by atoms with Crippen LogP contribution in [0.2, 0.25) is 0 Å². The number of aliphatic hydroxyl groups excluding tert-OH is 1. The van der Waals surface area contributed by atoms with E-state index >= 15 is 0 Å². The SMILES string of the molecule is O=C(Nc1cccc(C(F)(F)F)c1F)N1CCOC[C@H](CO)C1. The van der Waals surface area contributed by atoms with Gasteiger partial charge in [0.2, 0.25) is 0 Å². The predicted molar refractivity (Wildman–Crippen MR) is 73.4 cm³/mol. The van der Waals surface area contributed by atoms with Crippen molar-refractivity contribution in [3.63, 3.8) is 0 Å². The fourth-order valence-electron chi connectivity index (χ4n) is 2.22. The zero-order valence-electron chi connectivity index (χ0n) is 12.1. The van der Waals surface area contributed by atoms with Crippen LogP contribution in [-0.4, -0.2) is 48.9 Å². The van der Waals surface area contributed by atoms with E-state index in [1.807, 2.05) is 0 Å². The summed E-state index contributed by atoms with van der Waals surface area (Å²) >= 11 is 0. The van der Waals surface area contributed by atoms with Crippen LogP contribution >= 0.6 is 0 Å². The van der Waals surface area contributed by atoms with Crippen molar-refractivity contribution in [1.82, 2.24) is 4.90 Å². The van der Waals surface area contributed by atoms with Crippen molar-refractivity contribution in [2.24, 2.45) is 5.92 Å². The van der Waals surface area contributed by atoms with E-state index < -0.39 is 29.3 Å². The minimum Gasteiger partial charge on any atom is -0.396 e. The van der Waals surface area contributed by atoms with Gasteiger partial charge >= 0.3 is 12.2 Å². The Morgan fingerprint density at radius 2 is 2.17 bits per heavy atom. The van der Waals surface area contributed by atoms with Crippen molar-refractivity contribution in [3.8, 4) is 0 Å². The van der Waals surface area contributed by atoms with Crippen LogP contribution in [0.5, 0.6) is 0 Å². The van der Waals surface area contributed by atoms with Crippen molar-refractivity contribution in [1.29, 1.82) is 0 Å². The molecule has 0 spiro atoms. The van der Waals surface area contributed by atoms with Crippen molar-refractivity contribution in [3.05, 3.63) is 29.6 Å². The molecule has 0 saturated carbocycles. The summed E-state index contributed by atoms with van der Waals surface area (Å²) in [5, 5.41) is 11.3. The van der Waals surface area contributed by atoms with Gasteiger partial charge in [0.15, 0.2) is 5.82 Å². The highest BCUT2D eigenvalue weighted by Gasteiger charge is 2.35. The molecule has 2 amide bonds. The van der Waals surface area contributed by atoms with Crippen molar-refractivity contribution in [2.45, 2.75) is 6.18 Å². The maximum absolute atomic E-state index is 13.9. The van der Waals surface area contributed by atoms with E-state index in [0.29, 0.717) is 6.07 Å². The number of benzene rings is 1. The Hall–Kier alpha value is -1.87. The number of nitrogens with one attached hydrogen (secondary N) is 1. The Morgan fingerprint density at radius 3 is 2.83 bits per heavy atom. The Balaban J connectivity index is 2.14. The molecule has 0 bridgehead atoms. The Bertz CT molecular complexity index is 565. The zero-order valence-corrected chi connectivity index (χ0v) is 12.1. The Morgan fingerprint density at radius 1 is 1.43 bits per heavy atom. The first-order chi connectivity index (χ1) is 10.8. The molecule has 1 aliphatic rings. The Labute approximate surface area is 129 Å². The first-order valence-electron chi connectivity index (χ1n) is 6.93. The van der Waals surface area contributed by atoms with E-state index in [0.717, 1.165) is 12.1 Å². The van der Waals surface area contributed by atoms with Crippen molar-refractivity contribution < 1.29 is 32.2 Å². The number of carbonyl (C=O) groups is 1. The lowest BCUT2D eigenvalue weighted by atomic mass is 10.1. The third-order valence-corrected chi connectivity index (χ3v) is 3.43. The van der Waals surface area contributed by atoms with E-state index in [1.54, 1.807) is 0 Å². The van der Waals surface area contributed by atoms with E-state index in [1.165, 1.54) is 4.90 Å². The quantitative estimate of drug-likeness (QED) is 0.815. The number of anilines is 1. The van der Waals surface area contributed by atoms with Crippen LogP contribution in [-0.2, 0) is 10.9 Å². The highest BCUT2D eigenvalue weighted by molar-refractivity contribution is 5.89. The molecule has 128 valence electrons. The van der Waals surface area contributed by atoms with Gasteiger partial charge in [-0.1, -0.05) is 6.07 Å². The molecule has 1 aliphatic heterocycles. The van der Waals surface area contributed by atoms with Crippen LogP contribution < -0.4 is 5.32 Å². The van der Waals surface area contributed by atoms with Gasteiger partial charge < -0.3 is 20.1 Å². The fourth-order valence-corrected chi connectivity index (χ4v) is 2.22. The molecule has 2 rings (SSSR count). The van der Waals surface area contributed by atoms with Gasteiger partial charge in [0.05, 0.1) is 24.5 Å². The van der Waals surface area contributed by atoms with Gasteiger partial charge in [0.1, 0.15) is 0 Å². The number of aliphatic hydroxyl groups is 1. The maximum atomic E-state index is 13.9. The molecule has 2 N–H and O–H groups in total. The molecular formula is C14H16F4N2O3. The lowest BCUT2D eigenvalue weighted by Crippen LogP contribution is -2.39. The standard InChI is InChI=1S/C14H16F4N2O3/c15-12-10(14(16,17)18)2-1-3-11(12)19-13(22)20-4-5-23-8-9(6-20)7-21/h1-3,9,21H,4-8H2,(H,19,22)/t9-/m0/s1. The molecule has 23 heavy (non-hydrogen) atoms. The molecule has 0 aromatic heterocycles. The number of hydrogen-bond acceptors (Lipinski definition) is 3. The molecule has 9 heteroatoms. The van der Waals surface area contributed by atoms with Crippen LogP contribution in [0.3, 0.4) is 0 Å². The van der Waals surface area contributed by atoms with E-state index in [9.17, 15) is 22.4 Å². The number of rotatable bonds is 2. The number of carbonyl (C=O) groups excluding carboxylic acids is 1. The molecule has 1 aromatic rings. The number of ether oxygens (including phenoxy) is 1. The molecule has 1 aromatic carbocycles. The third kappa shape index (κ3) is 4.32. The second kappa shape index (κ2) is 7.14. The van der Waals surface area contributed by atoms with Crippen molar-refractivity contribution in [2.75, 3.05) is 38.2 Å². The molecule has 1 heterocycles. The molecule has 1 saturated heterocycles. The molecule has 5 nitrogen and oxygen atoms in total. The zero-order chi connectivity index (χ0) is 17.0. The van der Waals surface area contributed by atoms with Gasteiger partial charge in [-0.05, 0) is 12.1 Å². The normalized spacial score (nSPS) is 19.3. The van der Waals surface area contributed by atoms with Gasteiger partial charge in [-0.15, -0.1) is 0 Å². The van der Waals surface area contributed by atoms with Gasteiger partial charge in [0.25, 0.3) is 0 Å². The predicted octanol–water partition coefficient (Wildman–Crippen LogP) is 2.32. The number of alkyl halides is 3. The Kier molecular flexibility index (Phi) is 5.42. The first kappa shape index (κ1) is 17.5.